The molecular weight excluding hydrogens is 240 g/mol. The van der Waals surface area contributed by atoms with Gasteiger partial charge in [-0.15, -0.1) is 0 Å². The predicted molar refractivity (Wildman–Crippen MR) is 75.0 cm³/mol. The van der Waals surface area contributed by atoms with Gasteiger partial charge in [-0.1, -0.05) is 0 Å². The summed E-state index contributed by atoms with van der Waals surface area (Å²) in [6, 6.07) is 2.25. The van der Waals surface area contributed by atoms with Gasteiger partial charge in [-0.25, -0.2) is 0 Å². The number of rotatable bonds is 5. The van der Waals surface area contributed by atoms with Crippen LogP contribution in [0.1, 0.15) is 48.8 Å². The second-order valence-corrected chi connectivity index (χ2v) is 5.21. The fourth-order valence-corrected chi connectivity index (χ4v) is 2.86. The Balaban J connectivity index is 2.13. The number of nitrogens with zero attached hydrogens (tertiary/aromatic N) is 3. The first kappa shape index (κ1) is 14.1. The molecule has 1 atom stereocenters. The second kappa shape index (κ2) is 6.19. The average molecular weight is 264 g/mol. The quantitative estimate of drug-likeness (QED) is 0.877. The molecule has 0 aromatic carbocycles. The highest BCUT2D eigenvalue weighted by atomic mass is 16.2. The number of aromatic nitrogens is 2. The molecule has 1 aliphatic rings. The van der Waals surface area contributed by atoms with E-state index in [-0.39, 0.29) is 5.91 Å². The average Bonchev–Trinajstić information content (AvgIpc) is 3.01. The van der Waals surface area contributed by atoms with Gasteiger partial charge in [-0.3, -0.25) is 9.48 Å². The molecule has 2 N–H and O–H groups in total. The van der Waals surface area contributed by atoms with E-state index >= 15 is 0 Å². The molecule has 1 amide bonds. The summed E-state index contributed by atoms with van der Waals surface area (Å²) in [4.78, 5) is 14.7. The van der Waals surface area contributed by atoms with Gasteiger partial charge in [-0.05, 0) is 52.1 Å². The second-order valence-electron chi connectivity index (χ2n) is 5.21. The molecule has 106 valence electrons. The molecule has 2 rings (SSSR count). The van der Waals surface area contributed by atoms with Crippen molar-refractivity contribution >= 4 is 5.91 Å². The van der Waals surface area contributed by atoms with E-state index in [2.05, 4.69) is 5.10 Å². The van der Waals surface area contributed by atoms with Crippen molar-refractivity contribution in [2.75, 3.05) is 13.1 Å². The Hall–Kier alpha value is -1.36. The van der Waals surface area contributed by atoms with Crippen molar-refractivity contribution < 1.29 is 4.79 Å². The first-order valence-corrected chi connectivity index (χ1v) is 7.22. The molecule has 0 aliphatic carbocycles. The number of carbonyl (C=O) groups is 1. The molecule has 0 saturated carbocycles. The minimum atomic E-state index is 0.127. The molecule has 1 saturated heterocycles. The third-order valence-corrected chi connectivity index (χ3v) is 3.80. The van der Waals surface area contributed by atoms with Crippen molar-refractivity contribution in [3.05, 3.63) is 17.5 Å². The summed E-state index contributed by atoms with van der Waals surface area (Å²) in [6.07, 6.45) is 4.20. The van der Waals surface area contributed by atoms with Crippen LogP contribution in [0.15, 0.2) is 6.07 Å². The van der Waals surface area contributed by atoms with Gasteiger partial charge < -0.3 is 10.6 Å². The molecule has 1 aromatic rings. The third-order valence-electron chi connectivity index (χ3n) is 3.80. The van der Waals surface area contributed by atoms with Crippen LogP contribution in [0.5, 0.6) is 0 Å². The van der Waals surface area contributed by atoms with Gasteiger partial charge in [-0.2, -0.15) is 5.10 Å². The van der Waals surface area contributed by atoms with Gasteiger partial charge in [0.1, 0.15) is 5.69 Å². The van der Waals surface area contributed by atoms with Gasteiger partial charge in [0.05, 0.1) is 5.69 Å². The molecule has 1 fully saturated rings. The minimum absolute atomic E-state index is 0.127. The zero-order valence-corrected chi connectivity index (χ0v) is 11.9. The van der Waals surface area contributed by atoms with Gasteiger partial charge in [0.25, 0.3) is 5.91 Å². The van der Waals surface area contributed by atoms with Gasteiger partial charge in [0.15, 0.2) is 0 Å². The van der Waals surface area contributed by atoms with Crippen LogP contribution in [0.25, 0.3) is 0 Å². The Bertz CT molecular complexity index is 441. The van der Waals surface area contributed by atoms with Crippen molar-refractivity contribution in [1.29, 1.82) is 0 Å². The summed E-state index contributed by atoms with van der Waals surface area (Å²) in [5.74, 6) is 0.127. The van der Waals surface area contributed by atoms with Crippen LogP contribution < -0.4 is 5.73 Å². The maximum Gasteiger partial charge on any atom is 0.272 e. The number of amides is 1. The molecule has 5 nitrogen and oxygen atoms in total. The van der Waals surface area contributed by atoms with E-state index in [1.165, 1.54) is 0 Å². The first-order chi connectivity index (χ1) is 9.17. The normalized spacial score (nSPS) is 19.1. The Morgan fingerprint density at radius 1 is 1.58 bits per heavy atom. The standard InChI is InChI=1S/C14H24N4O/c1-3-18-13(10-11(2)16-18)14(19)17-9-5-7-12(17)6-4-8-15/h10,12H,3-9,15H2,1-2H3. The van der Waals surface area contributed by atoms with E-state index in [0.29, 0.717) is 12.6 Å². The Kier molecular flexibility index (Phi) is 4.58. The number of likely N-dealkylation sites (tertiary alicyclic amines) is 1. The number of hydrogen-bond acceptors (Lipinski definition) is 3. The van der Waals surface area contributed by atoms with Gasteiger partial charge in [0.2, 0.25) is 0 Å². The van der Waals surface area contributed by atoms with E-state index in [1.54, 1.807) is 4.68 Å². The van der Waals surface area contributed by atoms with Crippen molar-refractivity contribution in [2.45, 2.75) is 52.1 Å². The van der Waals surface area contributed by atoms with Gasteiger partial charge in [0, 0.05) is 19.1 Å². The predicted octanol–water partition coefficient (Wildman–Crippen LogP) is 1.55. The zero-order valence-electron chi connectivity index (χ0n) is 11.9. The molecule has 1 unspecified atom stereocenters. The maximum absolute atomic E-state index is 12.6. The number of aryl methyl sites for hydroxylation is 2. The highest BCUT2D eigenvalue weighted by molar-refractivity contribution is 5.93. The van der Waals surface area contributed by atoms with Crippen molar-refractivity contribution in [1.82, 2.24) is 14.7 Å². The highest BCUT2D eigenvalue weighted by Crippen LogP contribution is 2.23. The smallest absolute Gasteiger partial charge is 0.272 e. The lowest BCUT2D eigenvalue weighted by Crippen LogP contribution is -2.37. The maximum atomic E-state index is 12.6. The van der Waals surface area contributed by atoms with Crippen LogP contribution in [0.4, 0.5) is 0 Å². The van der Waals surface area contributed by atoms with E-state index in [9.17, 15) is 4.79 Å². The van der Waals surface area contributed by atoms with Crippen molar-refractivity contribution in [2.24, 2.45) is 5.73 Å². The molecule has 1 aliphatic heterocycles. The summed E-state index contributed by atoms with van der Waals surface area (Å²) < 4.78 is 1.80. The number of nitrogens with two attached hydrogens (primary N) is 1. The van der Waals surface area contributed by atoms with Crippen LogP contribution in [-0.4, -0.2) is 39.7 Å². The Morgan fingerprint density at radius 3 is 3.05 bits per heavy atom. The summed E-state index contributed by atoms with van der Waals surface area (Å²) in [5.41, 5.74) is 7.20. The van der Waals surface area contributed by atoms with Crippen LogP contribution in [0.2, 0.25) is 0 Å². The summed E-state index contributed by atoms with van der Waals surface area (Å²) >= 11 is 0. The van der Waals surface area contributed by atoms with E-state index in [4.69, 9.17) is 5.73 Å². The molecule has 1 aromatic heterocycles. The number of carbonyl (C=O) groups excluding carboxylic acids is 1. The Morgan fingerprint density at radius 2 is 2.37 bits per heavy atom. The third kappa shape index (κ3) is 2.97. The van der Waals surface area contributed by atoms with Crippen LogP contribution >= 0.6 is 0 Å². The van der Waals surface area contributed by atoms with Crippen molar-refractivity contribution in [3.63, 3.8) is 0 Å². The summed E-state index contributed by atoms with van der Waals surface area (Å²) in [7, 11) is 0. The van der Waals surface area contributed by atoms with Gasteiger partial charge >= 0.3 is 0 Å². The Labute approximate surface area is 114 Å². The topological polar surface area (TPSA) is 64.2 Å². The monoisotopic (exact) mass is 264 g/mol. The molecule has 0 bridgehead atoms. The SMILES string of the molecule is CCn1nc(C)cc1C(=O)N1CCCC1CCCN. The molecule has 5 heteroatoms. The minimum Gasteiger partial charge on any atom is -0.334 e. The van der Waals surface area contributed by atoms with Crippen LogP contribution in [-0.2, 0) is 6.54 Å². The van der Waals surface area contributed by atoms with Crippen LogP contribution in [0.3, 0.4) is 0 Å². The highest BCUT2D eigenvalue weighted by Gasteiger charge is 2.30. The molecule has 0 spiro atoms. The lowest BCUT2D eigenvalue weighted by atomic mass is 10.1. The van der Waals surface area contributed by atoms with E-state index < -0.39 is 0 Å². The number of hydrogen-bond donors (Lipinski definition) is 1. The molecule has 2 heterocycles. The first-order valence-electron chi connectivity index (χ1n) is 7.22. The van der Waals surface area contributed by atoms with E-state index in [0.717, 1.165) is 50.2 Å². The fraction of sp³-hybridized carbons (Fsp3) is 0.714. The summed E-state index contributed by atoms with van der Waals surface area (Å²) in [6.45, 7) is 6.24. The zero-order chi connectivity index (χ0) is 13.8. The lowest BCUT2D eigenvalue weighted by molar-refractivity contribution is 0.0717. The lowest BCUT2D eigenvalue weighted by Gasteiger charge is -2.24. The van der Waals surface area contributed by atoms with Crippen LogP contribution in [0, 0.1) is 6.92 Å². The molecule has 0 radical (unpaired) electrons. The largest absolute Gasteiger partial charge is 0.334 e. The fourth-order valence-electron chi connectivity index (χ4n) is 2.86. The molecule has 19 heavy (non-hydrogen) atoms. The van der Waals surface area contributed by atoms with Crippen molar-refractivity contribution in [3.8, 4) is 0 Å². The summed E-state index contributed by atoms with van der Waals surface area (Å²) in [5, 5.41) is 4.36. The van der Waals surface area contributed by atoms with E-state index in [1.807, 2.05) is 24.8 Å². The molecular formula is C14H24N4O.